The van der Waals surface area contributed by atoms with Crippen molar-refractivity contribution in [2.45, 2.75) is 6.54 Å². The van der Waals surface area contributed by atoms with Crippen LogP contribution in [0.1, 0.15) is 0 Å². The van der Waals surface area contributed by atoms with Crippen LogP contribution in [0.25, 0.3) is 11.2 Å². The van der Waals surface area contributed by atoms with Gasteiger partial charge in [0, 0.05) is 20.7 Å². The number of rotatable bonds is 4. The van der Waals surface area contributed by atoms with Crippen LogP contribution < -0.4 is 5.32 Å². The average molecular weight is 239 g/mol. The molecule has 16 heavy (non-hydrogen) atoms. The van der Waals surface area contributed by atoms with Crippen molar-refractivity contribution < 1.29 is 4.74 Å². The molecule has 86 valence electrons. The third-order valence-electron chi connectivity index (χ3n) is 2.27. The van der Waals surface area contributed by atoms with E-state index in [4.69, 9.17) is 17.0 Å². The highest BCUT2D eigenvalue weighted by molar-refractivity contribution is 7.71. The molecule has 0 amide bonds. The molecule has 0 unspecified atom stereocenters. The van der Waals surface area contributed by atoms with Crippen LogP contribution in [0.5, 0.6) is 0 Å². The molecular formula is C9H13N5OS. The number of imidazole rings is 1. The molecule has 2 rings (SSSR count). The molecule has 0 radical (unpaired) electrons. The Morgan fingerprint density at radius 2 is 2.44 bits per heavy atom. The minimum absolute atomic E-state index is 0.425. The number of methoxy groups -OCH3 is 1. The first-order chi connectivity index (χ1) is 7.76. The molecule has 0 aliphatic carbocycles. The minimum atomic E-state index is 0.425. The first-order valence-corrected chi connectivity index (χ1v) is 5.29. The van der Waals surface area contributed by atoms with Crippen LogP contribution >= 0.6 is 12.2 Å². The molecule has 2 aromatic heterocycles. The normalized spacial score (nSPS) is 10.9. The highest BCUT2D eigenvalue weighted by Crippen LogP contribution is 2.17. The average Bonchev–Trinajstić information content (AvgIpc) is 2.68. The third-order valence-corrected chi connectivity index (χ3v) is 2.47. The van der Waals surface area contributed by atoms with Gasteiger partial charge in [0.1, 0.15) is 5.52 Å². The lowest BCUT2D eigenvalue weighted by molar-refractivity contribution is 0.188. The van der Waals surface area contributed by atoms with Gasteiger partial charge >= 0.3 is 0 Å². The number of fused-ring (bicyclic) bond motifs is 1. The lowest BCUT2D eigenvalue weighted by Gasteiger charge is -2.06. The molecule has 6 nitrogen and oxygen atoms in total. The van der Waals surface area contributed by atoms with E-state index in [1.165, 1.54) is 0 Å². The van der Waals surface area contributed by atoms with Gasteiger partial charge in [-0.3, -0.25) is 0 Å². The zero-order valence-electron chi connectivity index (χ0n) is 9.15. The van der Waals surface area contributed by atoms with Gasteiger partial charge in [0.25, 0.3) is 0 Å². The Labute approximate surface area is 97.7 Å². The summed E-state index contributed by atoms with van der Waals surface area (Å²) in [6.45, 7) is 1.36. The monoisotopic (exact) mass is 239 g/mol. The number of nitrogens with zero attached hydrogens (tertiary/aromatic N) is 3. The molecule has 0 aromatic carbocycles. The molecule has 0 aliphatic heterocycles. The van der Waals surface area contributed by atoms with Gasteiger partial charge < -0.3 is 19.6 Å². The summed E-state index contributed by atoms with van der Waals surface area (Å²) in [5, 5.41) is 3.01. The van der Waals surface area contributed by atoms with Crippen LogP contribution in [0.15, 0.2) is 6.33 Å². The maximum absolute atomic E-state index is 5.04. The van der Waals surface area contributed by atoms with Crippen molar-refractivity contribution in [1.29, 1.82) is 0 Å². The van der Waals surface area contributed by atoms with E-state index in [1.807, 2.05) is 11.6 Å². The summed E-state index contributed by atoms with van der Waals surface area (Å²) in [7, 11) is 3.48. The maximum atomic E-state index is 5.04. The van der Waals surface area contributed by atoms with Gasteiger partial charge in [-0.2, -0.15) is 0 Å². The van der Waals surface area contributed by atoms with Gasteiger partial charge in [-0.1, -0.05) is 0 Å². The summed E-state index contributed by atoms with van der Waals surface area (Å²) >= 11 is 5.01. The predicted molar refractivity (Wildman–Crippen MR) is 64.1 cm³/mol. The van der Waals surface area contributed by atoms with Crippen molar-refractivity contribution in [2.24, 2.45) is 0 Å². The standard InChI is InChI=1S/C9H13N5OS/c1-10-7-6-8(13-9(16)12-7)11-5-14(6)3-4-15-2/h5H,3-4H2,1-2H3,(H2,10,12,13,16). The number of hydrogen-bond donors (Lipinski definition) is 2. The fourth-order valence-electron chi connectivity index (χ4n) is 1.54. The van der Waals surface area contributed by atoms with Gasteiger partial charge in [-0.15, -0.1) is 0 Å². The van der Waals surface area contributed by atoms with Crippen molar-refractivity contribution in [3.05, 3.63) is 11.1 Å². The first-order valence-electron chi connectivity index (χ1n) is 4.88. The molecule has 7 heteroatoms. The van der Waals surface area contributed by atoms with E-state index in [0.717, 1.165) is 23.5 Å². The Bertz CT molecular complexity index is 546. The predicted octanol–water partition coefficient (Wildman–Crippen LogP) is 1.18. The highest BCUT2D eigenvalue weighted by atomic mass is 32.1. The summed E-state index contributed by atoms with van der Waals surface area (Å²) in [6, 6.07) is 0. The highest BCUT2D eigenvalue weighted by Gasteiger charge is 2.08. The first kappa shape index (κ1) is 11.0. The minimum Gasteiger partial charge on any atom is -0.383 e. The van der Waals surface area contributed by atoms with Crippen LogP contribution in [0.4, 0.5) is 5.82 Å². The second kappa shape index (κ2) is 4.58. The van der Waals surface area contributed by atoms with E-state index >= 15 is 0 Å². The quantitative estimate of drug-likeness (QED) is 0.784. The molecule has 0 fully saturated rings. The van der Waals surface area contributed by atoms with Crippen molar-refractivity contribution in [1.82, 2.24) is 19.5 Å². The Morgan fingerprint density at radius 3 is 3.12 bits per heavy atom. The summed E-state index contributed by atoms with van der Waals surface area (Å²) in [4.78, 5) is 11.4. The Morgan fingerprint density at radius 1 is 1.62 bits per heavy atom. The van der Waals surface area contributed by atoms with E-state index in [9.17, 15) is 0 Å². The topological polar surface area (TPSA) is 67.8 Å². The summed E-state index contributed by atoms with van der Waals surface area (Å²) in [5.74, 6) is 0.729. The number of anilines is 1. The van der Waals surface area contributed by atoms with Crippen molar-refractivity contribution in [3.8, 4) is 0 Å². The van der Waals surface area contributed by atoms with E-state index in [1.54, 1.807) is 13.4 Å². The molecule has 0 saturated heterocycles. The van der Waals surface area contributed by atoms with Crippen LogP contribution in [0.2, 0.25) is 0 Å². The molecule has 0 bridgehead atoms. The summed E-state index contributed by atoms with van der Waals surface area (Å²) in [6.07, 6.45) is 1.75. The molecule has 2 N–H and O–H groups in total. The van der Waals surface area contributed by atoms with Crippen LogP contribution in [0, 0.1) is 4.77 Å². The smallest absolute Gasteiger partial charge is 0.200 e. The maximum Gasteiger partial charge on any atom is 0.200 e. The van der Waals surface area contributed by atoms with E-state index in [2.05, 4.69) is 20.3 Å². The third kappa shape index (κ3) is 1.91. The molecule has 2 heterocycles. The molecular weight excluding hydrogens is 226 g/mol. The Hall–Kier alpha value is -1.47. The zero-order valence-corrected chi connectivity index (χ0v) is 9.97. The number of aromatic nitrogens is 4. The van der Waals surface area contributed by atoms with Crippen molar-refractivity contribution in [2.75, 3.05) is 26.1 Å². The summed E-state index contributed by atoms with van der Waals surface area (Å²) < 4.78 is 7.44. The van der Waals surface area contributed by atoms with E-state index in [-0.39, 0.29) is 0 Å². The van der Waals surface area contributed by atoms with Crippen molar-refractivity contribution >= 4 is 29.2 Å². The molecule has 2 aromatic rings. The van der Waals surface area contributed by atoms with Gasteiger partial charge in [0.15, 0.2) is 11.5 Å². The zero-order chi connectivity index (χ0) is 11.5. The molecule has 0 spiro atoms. The SMILES string of the molecule is CNc1nc(=S)[nH]c2ncn(CCOC)c12. The fourth-order valence-corrected chi connectivity index (χ4v) is 1.73. The van der Waals surface area contributed by atoms with Gasteiger partial charge in [-0.25, -0.2) is 9.97 Å². The molecule has 0 aliphatic rings. The Kier molecular flexibility index (Phi) is 3.16. The van der Waals surface area contributed by atoms with Gasteiger partial charge in [0.05, 0.1) is 12.9 Å². The number of nitrogens with one attached hydrogen (secondary N) is 2. The second-order valence-electron chi connectivity index (χ2n) is 3.27. The van der Waals surface area contributed by atoms with Crippen LogP contribution in [-0.2, 0) is 11.3 Å². The van der Waals surface area contributed by atoms with E-state index in [0.29, 0.717) is 11.4 Å². The molecule has 0 atom stereocenters. The largest absolute Gasteiger partial charge is 0.383 e. The van der Waals surface area contributed by atoms with Gasteiger partial charge in [-0.05, 0) is 12.2 Å². The lowest BCUT2D eigenvalue weighted by atomic mass is 10.4. The summed E-state index contributed by atoms with van der Waals surface area (Å²) in [5.41, 5.74) is 1.65. The Balaban J connectivity index is 2.56. The lowest BCUT2D eigenvalue weighted by Crippen LogP contribution is -2.05. The molecule has 0 saturated carbocycles. The number of H-pyrrole nitrogens is 1. The van der Waals surface area contributed by atoms with Crippen LogP contribution in [-0.4, -0.2) is 40.3 Å². The van der Waals surface area contributed by atoms with E-state index < -0.39 is 0 Å². The number of aromatic amines is 1. The fraction of sp³-hybridized carbons (Fsp3) is 0.444. The number of hydrogen-bond acceptors (Lipinski definition) is 5. The van der Waals surface area contributed by atoms with Crippen molar-refractivity contribution in [3.63, 3.8) is 0 Å². The van der Waals surface area contributed by atoms with Gasteiger partial charge in [0.2, 0.25) is 4.77 Å². The van der Waals surface area contributed by atoms with Crippen LogP contribution in [0.3, 0.4) is 0 Å². The second-order valence-corrected chi connectivity index (χ2v) is 3.66. The number of ether oxygens (including phenoxy) is 1.